The number of ether oxygens (including phenoxy) is 1. The number of unbranched alkanes of at least 4 members (excludes halogenated alkanes) is 1. The van der Waals surface area contributed by atoms with E-state index in [9.17, 15) is 4.79 Å². The van der Waals surface area contributed by atoms with Crippen molar-refractivity contribution in [2.45, 2.75) is 26.7 Å². The molecule has 1 amide bonds. The molecule has 3 aromatic rings. The van der Waals surface area contributed by atoms with Gasteiger partial charge >= 0.3 is 0 Å². The molecule has 4 nitrogen and oxygen atoms in total. The van der Waals surface area contributed by atoms with E-state index >= 15 is 0 Å². The fourth-order valence-corrected chi connectivity index (χ4v) is 2.59. The van der Waals surface area contributed by atoms with E-state index < -0.39 is 0 Å². The minimum absolute atomic E-state index is 0.0687. The van der Waals surface area contributed by atoms with Crippen LogP contribution in [0.4, 0.5) is 0 Å². The molecule has 0 aliphatic heterocycles. The lowest BCUT2D eigenvalue weighted by Crippen LogP contribution is -2.24. The number of nitrogens with one attached hydrogen (secondary N) is 2. The molecular weight excluding hydrogens is 300 g/mol. The van der Waals surface area contributed by atoms with E-state index in [1.165, 1.54) is 0 Å². The van der Waals surface area contributed by atoms with Crippen LogP contribution in [-0.2, 0) is 0 Å². The molecule has 1 aromatic heterocycles. The highest BCUT2D eigenvalue weighted by molar-refractivity contribution is 5.98. The number of amides is 1. The Kier molecular flexibility index (Phi) is 4.85. The summed E-state index contributed by atoms with van der Waals surface area (Å²) in [5.41, 5.74) is 2.65. The number of aromatic nitrogens is 1. The number of fused-ring (bicyclic) bond motifs is 1. The number of hydrogen-bond donors (Lipinski definition) is 2. The second-order valence-electron chi connectivity index (χ2n) is 5.96. The third kappa shape index (κ3) is 3.77. The Labute approximate surface area is 141 Å². The summed E-state index contributed by atoms with van der Waals surface area (Å²) in [6.45, 7) is 4.84. The average molecular weight is 322 g/mol. The third-order valence-electron chi connectivity index (χ3n) is 3.88. The number of aromatic amines is 1. The molecule has 24 heavy (non-hydrogen) atoms. The maximum atomic E-state index is 12.1. The molecular formula is C20H22N2O2. The topological polar surface area (TPSA) is 54.1 Å². The molecule has 124 valence electrons. The van der Waals surface area contributed by atoms with Gasteiger partial charge in [0.1, 0.15) is 17.2 Å². The third-order valence-corrected chi connectivity index (χ3v) is 3.88. The van der Waals surface area contributed by atoms with Crippen molar-refractivity contribution in [2.75, 3.05) is 6.54 Å². The minimum Gasteiger partial charge on any atom is -0.457 e. The Balaban J connectivity index is 1.77. The van der Waals surface area contributed by atoms with Crippen molar-refractivity contribution < 1.29 is 9.53 Å². The Hall–Kier alpha value is -2.75. The second-order valence-corrected chi connectivity index (χ2v) is 5.96. The van der Waals surface area contributed by atoms with Crippen LogP contribution in [0.5, 0.6) is 11.5 Å². The van der Waals surface area contributed by atoms with Gasteiger partial charge < -0.3 is 15.0 Å². The molecule has 4 heteroatoms. The first-order valence-electron chi connectivity index (χ1n) is 8.31. The molecule has 0 fully saturated rings. The summed E-state index contributed by atoms with van der Waals surface area (Å²) in [6, 6.07) is 15.6. The van der Waals surface area contributed by atoms with Crippen LogP contribution in [0.3, 0.4) is 0 Å². The van der Waals surface area contributed by atoms with Gasteiger partial charge in [-0.1, -0.05) is 25.5 Å². The Morgan fingerprint density at radius 2 is 1.96 bits per heavy atom. The number of aryl methyl sites for hydroxylation is 1. The van der Waals surface area contributed by atoms with Crippen molar-refractivity contribution in [2.24, 2.45) is 0 Å². The summed E-state index contributed by atoms with van der Waals surface area (Å²) in [5.74, 6) is 1.49. The summed E-state index contributed by atoms with van der Waals surface area (Å²) < 4.78 is 5.90. The van der Waals surface area contributed by atoms with Crippen LogP contribution in [0.15, 0.2) is 48.5 Å². The summed E-state index contributed by atoms with van der Waals surface area (Å²) in [5, 5.41) is 3.88. The summed E-state index contributed by atoms with van der Waals surface area (Å²) in [6.07, 6.45) is 2.05. The predicted molar refractivity (Wildman–Crippen MR) is 96.8 cm³/mol. The molecule has 1 heterocycles. The number of carbonyl (C=O) groups is 1. The molecule has 0 spiro atoms. The molecule has 0 saturated carbocycles. The summed E-state index contributed by atoms with van der Waals surface area (Å²) in [7, 11) is 0. The minimum atomic E-state index is -0.0687. The first kappa shape index (κ1) is 16.1. The van der Waals surface area contributed by atoms with Crippen LogP contribution in [0.25, 0.3) is 10.9 Å². The zero-order valence-corrected chi connectivity index (χ0v) is 14.1. The van der Waals surface area contributed by atoms with Crippen LogP contribution in [-0.4, -0.2) is 17.4 Å². The van der Waals surface area contributed by atoms with E-state index in [1.807, 2.05) is 55.5 Å². The standard InChI is InChI=1S/C20H22N2O2/c1-3-4-10-21-20(23)19-13-15-12-17(8-9-18(15)22-19)24-16-7-5-6-14(2)11-16/h5-9,11-13,22H,3-4,10H2,1-2H3,(H,21,23). The average Bonchev–Trinajstić information content (AvgIpc) is 2.98. The first-order chi connectivity index (χ1) is 11.7. The number of rotatable bonds is 6. The van der Waals surface area contributed by atoms with E-state index in [2.05, 4.69) is 17.2 Å². The highest BCUT2D eigenvalue weighted by Crippen LogP contribution is 2.26. The lowest BCUT2D eigenvalue weighted by molar-refractivity contribution is 0.0949. The van der Waals surface area contributed by atoms with E-state index in [1.54, 1.807) is 0 Å². The smallest absolute Gasteiger partial charge is 0.267 e. The molecule has 0 unspecified atom stereocenters. The van der Waals surface area contributed by atoms with Crippen molar-refractivity contribution in [3.8, 4) is 11.5 Å². The van der Waals surface area contributed by atoms with Crippen molar-refractivity contribution in [1.82, 2.24) is 10.3 Å². The largest absolute Gasteiger partial charge is 0.457 e. The van der Waals surface area contributed by atoms with Crippen LogP contribution in [0.2, 0.25) is 0 Å². The van der Waals surface area contributed by atoms with Crippen LogP contribution < -0.4 is 10.1 Å². The van der Waals surface area contributed by atoms with Crippen molar-refractivity contribution in [1.29, 1.82) is 0 Å². The van der Waals surface area contributed by atoms with Gasteiger partial charge in [-0.05, 0) is 55.3 Å². The van der Waals surface area contributed by atoms with Crippen LogP contribution >= 0.6 is 0 Å². The fraction of sp³-hybridized carbons (Fsp3) is 0.250. The predicted octanol–water partition coefficient (Wildman–Crippen LogP) is 4.80. The van der Waals surface area contributed by atoms with Gasteiger partial charge in [-0.3, -0.25) is 4.79 Å². The summed E-state index contributed by atoms with van der Waals surface area (Å²) >= 11 is 0. The zero-order valence-electron chi connectivity index (χ0n) is 14.1. The van der Waals surface area contributed by atoms with Crippen molar-refractivity contribution in [3.05, 3.63) is 59.8 Å². The van der Waals surface area contributed by atoms with Gasteiger partial charge in [0.05, 0.1) is 0 Å². The monoisotopic (exact) mass is 322 g/mol. The fourth-order valence-electron chi connectivity index (χ4n) is 2.59. The Morgan fingerprint density at radius 3 is 2.75 bits per heavy atom. The molecule has 0 bridgehead atoms. The van der Waals surface area contributed by atoms with Gasteiger partial charge in [0.15, 0.2) is 0 Å². The quantitative estimate of drug-likeness (QED) is 0.641. The van der Waals surface area contributed by atoms with Crippen LogP contribution in [0, 0.1) is 6.92 Å². The maximum Gasteiger partial charge on any atom is 0.267 e. The molecule has 2 N–H and O–H groups in total. The Bertz CT molecular complexity index is 852. The zero-order chi connectivity index (χ0) is 16.9. The highest BCUT2D eigenvalue weighted by Gasteiger charge is 2.09. The lowest BCUT2D eigenvalue weighted by atomic mass is 10.2. The maximum absolute atomic E-state index is 12.1. The first-order valence-corrected chi connectivity index (χ1v) is 8.31. The molecule has 0 saturated heterocycles. The van der Waals surface area contributed by atoms with E-state index in [0.29, 0.717) is 12.2 Å². The van der Waals surface area contributed by atoms with E-state index in [0.717, 1.165) is 40.8 Å². The molecule has 0 aliphatic carbocycles. The molecule has 0 radical (unpaired) electrons. The molecule has 0 atom stereocenters. The van der Waals surface area contributed by atoms with Gasteiger partial charge in [-0.15, -0.1) is 0 Å². The number of hydrogen-bond acceptors (Lipinski definition) is 2. The molecule has 2 aromatic carbocycles. The second kappa shape index (κ2) is 7.21. The molecule has 3 rings (SSSR count). The highest BCUT2D eigenvalue weighted by atomic mass is 16.5. The van der Waals surface area contributed by atoms with Gasteiger partial charge in [0.25, 0.3) is 5.91 Å². The molecule has 0 aliphatic rings. The van der Waals surface area contributed by atoms with Crippen molar-refractivity contribution in [3.63, 3.8) is 0 Å². The van der Waals surface area contributed by atoms with E-state index in [-0.39, 0.29) is 5.91 Å². The number of benzene rings is 2. The van der Waals surface area contributed by atoms with Gasteiger partial charge in [-0.25, -0.2) is 0 Å². The Morgan fingerprint density at radius 1 is 1.12 bits per heavy atom. The summed E-state index contributed by atoms with van der Waals surface area (Å²) in [4.78, 5) is 15.3. The van der Waals surface area contributed by atoms with E-state index in [4.69, 9.17) is 4.74 Å². The van der Waals surface area contributed by atoms with Gasteiger partial charge in [-0.2, -0.15) is 0 Å². The lowest BCUT2D eigenvalue weighted by Gasteiger charge is -2.06. The number of H-pyrrole nitrogens is 1. The SMILES string of the molecule is CCCCNC(=O)c1cc2cc(Oc3cccc(C)c3)ccc2[nH]1. The van der Waals surface area contributed by atoms with Gasteiger partial charge in [0.2, 0.25) is 0 Å². The van der Waals surface area contributed by atoms with Crippen molar-refractivity contribution >= 4 is 16.8 Å². The van der Waals surface area contributed by atoms with Crippen LogP contribution in [0.1, 0.15) is 35.8 Å². The van der Waals surface area contributed by atoms with Gasteiger partial charge in [0, 0.05) is 17.4 Å². The number of carbonyl (C=O) groups excluding carboxylic acids is 1. The normalized spacial score (nSPS) is 10.8.